The highest BCUT2D eigenvalue weighted by atomic mass is 35.5. The number of carbonyl (C=O) groups excluding carboxylic acids is 2. The van der Waals surface area contributed by atoms with Gasteiger partial charge in [-0.25, -0.2) is 4.39 Å². The summed E-state index contributed by atoms with van der Waals surface area (Å²) < 4.78 is 19.3. The van der Waals surface area contributed by atoms with Crippen LogP contribution in [0.5, 0.6) is 5.75 Å². The smallest absolute Gasteiger partial charge is 0.262 e. The minimum absolute atomic E-state index is 0.0486. The molecular formula is C24H17ClFN3O3. The van der Waals surface area contributed by atoms with Gasteiger partial charge < -0.3 is 15.4 Å². The summed E-state index contributed by atoms with van der Waals surface area (Å²) in [5.41, 5.74) is 1.31. The van der Waals surface area contributed by atoms with Gasteiger partial charge >= 0.3 is 0 Å². The molecule has 0 saturated heterocycles. The summed E-state index contributed by atoms with van der Waals surface area (Å²) in [6, 6.07) is 19.3. The number of aromatic nitrogens is 1. The Morgan fingerprint density at radius 1 is 0.938 bits per heavy atom. The monoisotopic (exact) mass is 449 g/mol. The summed E-state index contributed by atoms with van der Waals surface area (Å²) in [6.07, 6.45) is 1.62. The van der Waals surface area contributed by atoms with Gasteiger partial charge in [-0.2, -0.15) is 0 Å². The van der Waals surface area contributed by atoms with Gasteiger partial charge in [0.2, 0.25) is 0 Å². The maximum absolute atomic E-state index is 13.7. The molecule has 0 atom stereocenters. The number of hydrogen-bond donors (Lipinski definition) is 2. The largest absolute Gasteiger partial charge is 0.483 e. The van der Waals surface area contributed by atoms with Gasteiger partial charge in [0.05, 0.1) is 22.5 Å². The Morgan fingerprint density at radius 2 is 1.72 bits per heavy atom. The van der Waals surface area contributed by atoms with Gasteiger partial charge in [0, 0.05) is 16.6 Å². The lowest BCUT2D eigenvalue weighted by molar-refractivity contribution is -0.118. The molecule has 0 saturated carbocycles. The van der Waals surface area contributed by atoms with E-state index < -0.39 is 24.2 Å². The summed E-state index contributed by atoms with van der Waals surface area (Å²) >= 11 is 6.17. The molecule has 3 aromatic carbocycles. The lowest BCUT2D eigenvalue weighted by Crippen LogP contribution is -2.22. The number of fused-ring (bicyclic) bond motifs is 1. The molecule has 2 amide bonds. The Hall–Kier alpha value is -3.97. The molecule has 0 radical (unpaired) electrons. The highest BCUT2D eigenvalue weighted by molar-refractivity contribution is 6.32. The summed E-state index contributed by atoms with van der Waals surface area (Å²) in [4.78, 5) is 29.4. The van der Waals surface area contributed by atoms with Gasteiger partial charge in [-0.1, -0.05) is 41.9 Å². The summed E-state index contributed by atoms with van der Waals surface area (Å²) in [6.45, 7) is -0.403. The maximum atomic E-state index is 13.7. The number of carbonyl (C=O) groups is 2. The molecule has 0 bridgehead atoms. The van der Waals surface area contributed by atoms with E-state index in [0.29, 0.717) is 16.2 Å². The van der Waals surface area contributed by atoms with Crippen molar-refractivity contribution in [3.63, 3.8) is 0 Å². The van der Waals surface area contributed by atoms with Gasteiger partial charge in [-0.15, -0.1) is 0 Å². The Kier molecular flexibility index (Phi) is 6.28. The van der Waals surface area contributed by atoms with Crippen LogP contribution in [-0.2, 0) is 4.79 Å². The Morgan fingerprint density at radius 3 is 2.56 bits per heavy atom. The van der Waals surface area contributed by atoms with E-state index in [-0.39, 0.29) is 17.0 Å². The van der Waals surface area contributed by atoms with Gasteiger partial charge in [0.15, 0.2) is 6.61 Å². The summed E-state index contributed by atoms with van der Waals surface area (Å²) in [7, 11) is 0. The van der Waals surface area contributed by atoms with Crippen molar-refractivity contribution >= 4 is 45.7 Å². The van der Waals surface area contributed by atoms with Crippen LogP contribution >= 0.6 is 11.6 Å². The SMILES string of the molecule is O=C(COc1ccccc1C(=O)Nc1cc(Cl)cc2cccnc12)Nc1ccccc1F. The molecule has 0 aliphatic rings. The number of anilines is 2. The van der Waals surface area contributed by atoms with E-state index >= 15 is 0 Å². The van der Waals surface area contributed by atoms with Crippen LogP contribution in [0.1, 0.15) is 10.4 Å². The molecule has 4 aromatic rings. The molecule has 0 fully saturated rings. The molecule has 2 N–H and O–H groups in total. The standard InChI is InChI=1S/C24H17ClFN3O3/c25-16-12-15-6-5-11-27-23(15)20(13-16)29-24(31)17-7-1-4-10-21(17)32-14-22(30)28-19-9-3-2-8-18(19)26/h1-13H,14H2,(H,28,30)(H,29,31). The van der Waals surface area contributed by atoms with Crippen LogP contribution in [0.4, 0.5) is 15.8 Å². The zero-order valence-corrected chi connectivity index (χ0v) is 17.4. The fourth-order valence-corrected chi connectivity index (χ4v) is 3.34. The highest BCUT2D eigenvalue weighted by Gasteiger charge is 2.16. The third kappa shape index (κ3) is 4.84. The average molecular weight is 450 g/mol. The summed E-state index contributed by atoms with van der Waals surface area (Å²) in [5.74, 6) is -1.37. The van der Waals surface area contributed by atoms with Crippen LogP contribution in [0.15, 0.2) is 79.0 Å². The van der Waals surface area contributed by atoms with Crippen LogP contribution in [0.3, 0.4) is 0 Å². The predicted octanol–water partition coefficient (Wildman–Crippen LogP) is 5.30. The molecule has 0 unspecified atom stereocenters. The fraction of sp³-hybridized carbons (Fsp3) is 0.0417. The van der Waals surface area contributed by atoms with Crippen LogP contribution in [0, 0.1) is 5.82 Å². The van der Waals surface area contributed by atoms with Crippen molar-refractivity contribution in [2.75, 3.05) is 17.2 Å². The quantitative estimate of drug-likeness (QED) is 0.418. The minimum atomic E-state index is -0.560. The van der Waals surface area contributed by atoms with Crippen LogP contribution < -0.4 is 15.4 Å². The van der Waals surface area contributed by atoms with Crippen LogP contribution in [-0.4, -0.2) is 23.4 Å². The van der Waals surface area contributed by atoms with Gasteiger partial charge in [-0.05, 0) is 42.5 Å². The van der Waals surface area contributed by atoms with Crippen molar-refractivity contribution in [1.82, 2.24) is 4.98 Å². The minimum Gasteiger partial charge on any atom is -0.483 e. The van der Waals surface area contributed by atoms with E-state index in [1.807, 2.05) is 6.07 Å². The lowest BCUT2D eigenvalue weighted by Gasteiger charge is -2.13. The molecule has 0 aliphatic carbocycles. The molecule has 160 valence electrons. The second-order valence-electron chi connectivity index (χ2n) is 6.80. The van der Waals surface area contributed by atoms with Crippen LogP contribution in [0.25, 0.3) is 10.9 Å². The fourth-order valence-electron chi connectivity index (χ4n) is 3.11. The number of pyridine rings is 1. The van der Waals surface area contributed by atoms with E-state index in [1.54, 1.807) is 54.7 Å². The molecule has 1 aromatic heterocycles. The average Bonchev–Trinajstić information content (AvgIpc) is 2.79. The number of rotatable bonds is 6. The van der Waals surface area contributed by atoms with E-state index in [1.165, 1.54) is 18.2 Å². The number of nitrogens with one attached hydrogen (secondary N) is 2. The van der Waals surface area contributed by atoms with Crippen molar-refractivity contribution in [3.05, 3.63) is 95.4 Å². The lowest BCUT2D eigenvalue weighted by atomic mass is 10.1. The zero-order valence-electron chi connectivity index (χ0n) is 16.6. The van der Waals surface area contributed by atoms with Crippen LogP contribution in [0.2, 0.25) is 5.02 Å². The van der Waals surface area contributed by atoms with Crippen molar-refractivity contribution in [3.8, 4) is 5.75 Å². The van der Waals surface area contributed by atoms with Gasteiger partial charge in [-0.3, -0.25) is 14.6 Å². The van der Waals surface area contributed by atoms with E-state index in [9.17, 15) is 14.0 Å². The summed E-state index contributed by atoms with van der Waals surface area (Å²) in [5, 5.41) is 6.47. The Balaban J connectivity index is 1.49. The van der Waals surface area contributed by atoms with Crippen molar-refractivity contribution in [1.29, 1.82) is 0 Å². The first-order chi connectivity index (χ1) is 15.5. The third-order valence-electron chi connectivity index (χ3n) is 4.56. The Bertz CT molecular complexity index is 1310. The number of hydrogen-bond acceptors (Lipinski definition) is 4. The second kappa shape index (κ2) is 9.45. The molecule has 4 rings (SSSR count). The topological polar surface area (TPSA) is 80.3 Å². The molecule has 6 nitrogen and oxygen atoms in total. The van der Waals surface area contributed by atoms with Gasteiger partial charge in [0.25, 0.3) is 11.8 Å². The van der Waals surface area contributed by atoms with Crippen molar-refractivity contribution in [2.45, 2.75) is 0 Å². The number of nitrogens with zero attached hydrogens (tertiary/aromatic N) is 1. The van der Waals surface area contributed by atoms with Gasteiger partial charge in [0.1, 0.15) is 11.6 Å². The molecule has 0 aliphatic heterocycles. The first kappa shape index (κ1) is 21.3. The molecule has 1 heterocycles. The predicted molar refractivity (Wildman–Crippen MR) is 122 cm³/mol. The van der Waals surface area contributed by atoms with Crippen molar-refractivity contribution in [2.24, 2.45) is 0 Å². The zero-order chi connectivity index (χ0) is 22.5. The first-order valence-corrected chi connectivity index (χ1v) is 10.0. The number of para-hydroxylation sites is 2. The van der Waals surface area contributed by atoms with E-state index in [2.05, 4.69) is 15.6 Å². The number of amides is 2. The second-order valence-corrected chi connectivity index (χ2v) is 7.23. The van der Waals surface area contributed by atoms with E-state index in [4.69, 9.17) is 16.3 Å². The molecule has 8 heteroatoms. The normalized spacial score (nSPS) is 10.6. The molecule has 32 heavy (non-hydrogen) atoms. The Labute approximate surface area is 188 Å². The van der Waals surface area contributed by atoms with E-state index in [0.717, 1.165) is 5.39 Å². The van der Waals surface area contributed by atoms with Crippen molar-refractivity contribution < 1.29 is 18.7 Å². The third-order valence-corrected chi connectivity index (χ3v) is 4.77. The highest BCUT2D eigenvalue weighted by Crippen LogP contribution is 2.28. The number of halogens is 2. The number of ether oxygens (including phenoxy) is 1. The molecule has 0 spiro atoms. The first-order valence-electron chi connectivity index (χ1n) is 9.63. The maximum Gasteiger partial charge on any atom is 0.262 e. The molecular weight excluding hydrogens is 433 g/mol. The number of benzene rings is 3.